The molecule has 1 aromatic heterocycles. The lowest BCUT2D eigenvalue weighted by molar-refractivity contribution is 0.560. The van der Waals surface area contributed by atoms with Gasteiger partial charge in [-0.15, -0.1) is 0 Å². The van der Waals surface area contributed by atoms with Crippen LogP contribution in [0.4, 0.5) is 5.82 Å². The van der Waals surface area contributed by atoms with E-state index in [1.54, 1.807) is 12.1 Å². The molecule has 1 aliphatic carbocycles. The van der Waals surface area contributed by atoms with Gasteiger partial charge in [0.1, 0.15) is 11.6 Å². The Labute approximate surface area is 161 Å². The Bertz CT molecular complexity index is 893. The predicted octanol–water partition coefficient (Wildman–Crippen LogP) is 3.21. The molecule has 1 heterocycles. The number of hydrogen-bond donors (Lipinski definition) is 2. The van der Waals surface area contributed by atoms with Gasteiger partial charge in [-0.1, -0.05) is 26.0 Å². The standard InChI is InChI=1S/C20H28N4O2S/c1-14(2)12-22-27(25,26)17-10-8-16(9-11-17)13-21-20-18-6-4-5-7-19(18)23-15(3)24-20/h8-11,14,22H,4-7,12-13H2,1-3H3,(H,21,23,24). The SMILES string of the molecule is Cc1nc2c(c(NCc3ccc(S(=O)(=O)NCC(C)C)cc3)n1)CCCC2. The molecular formula is C20H28N4O2S. The van der Waals surface area contributed by atoms with E-state index in [1.807, 2.05) is 32.9 Å². The highest BCUT2D eigenvalue weighted by Crippen LogP contribution is 2.25. The summed E-state index contributed by atoms with van der Waals surface area (Å²) in [7, 11) is -3.45. The van der Waals surface area contributed by atoms with Crippen LogP contribution in [0, 0.1) is 12.8 Å². The van der Waals surface area contributed by atoms with Crippen LogP contribution in [0.3, 0.4) is 0 Å². The Morgan fingerprint density at radius 1 is 1.07 bits per heavy atom. The third-order valence-corrected chi connectivity index (χ3v) is 6.11. The molecule has 0 fully saturated rings. The quantitative estimate of drug-likeness (QED) is 0.761. The van der Waals surface area contributed by atoms with Crippen LogP contribution in [-0.4, -0.2) is 24.9 Å². The zero-order valence-electron chi connectivity index (χ0n) is 16.2. The number of hydrogen-bond acceptors (Lipinski definition) is 5. The monoisotopic (exact) mass is 388 g/mol. The number of sulfonamides is 1. The second-order valence-electron chi connectivity index (χ2n) is 7.50. The molecule has 27 heavy (non-hydrogen) atoms. The molecule has 0 radical (unpaired) electrons. The van der Waals surface area contributed by atoms with Crippen molar-refractivity contribution in [3.63, 3.8) is 0 Å². The topological polar surface area (TPSA) is 84.0 Å². The van der Waals surface area contributed by atoms with E-state index < -0.39 is 10.0 Å². The first-order valence-corrected chi connectivity index (χ1v) is 11.0. The molecule has 0 atom stereocenters. The van der Waals surface area contributed by atoms with Crippen molar-refractivity contribution in [2.75, 3.05) is 11.9 Å². The van der Waals surface area contributed by atoms with E-state index in [0.29, 0.717) is 18.0 Å². The molecule has 0 amide bonds. The molecule has 0 saturated heterocycles. The zero-order valence-corrected chi connectivity index (χ0v) is 17.1. The molecular weight excluding hydrogens is 360 g/mol. The minimum absolute atomic E-state index is 0.269. The highest BCUT2D eigenvalue weighted by Gasteiger charge is 2.17. The third-order valence-electron chi connectivity index (χ3n) is 4.67. The molecule has 0 aliphatic heterocycles. The second-order valence-corrected chi connectivity index (χ2v) is 9.26. The lowest BCUT2D eigenvalue weighted by atomic mass is 9.96. The van der Waals surface area contributed by atoms with E-state index in [-0.39, 0.29) is 5.92 Å². The molecule has 3 rings (SSSR count). The molecule has 0 saturated carbocycles. The lowest BCUT2D eigenvalue weighted by Gasteiger charge is -2.19. The van der Waals surface area contributed by atoms with Crippen molar-refractivity contribution < 1.29 is 8.42 Å². The van der Waals surface area contributed by atoms with Gasteiger partial charge in [-0.05, 0) is 56.2 Å². The van der Waals surface area contributed by atoms with Crippen LogP contribution >= 0.6 is 0 Å². The highest BCUT2D eigenvalue weighted by atomic mass is 32.2. The van der Waals surface area contributed by atoms with E-state index in [1.165, 1.54) is 18.4 Å². The average molecular weight is 389 g/mol. The summed E-state index contributed by atoms with van der Waals surface area (Å²) in [5.41, 5.74) is 3.40. The van der Waals surface area contributed by atoms with Crippen LogP contribution in [0.15, 0.2) is 29.2 Å². The molecule has 1 aromatic carbocycles. The molecule has 2 N–H and O–H groups in total. The van der Waals surface area contributed by atoms with E-state index in [0.717, 1.165) is 35.7 Å². The third kappa shape index (κ3) is 5.05. The van der Waals surface area contributed by atoms with Crippen molar-refractivity contribution in [3.05, 3.63) is 46.9 Å². The molecule has 0 bridgehead atoms. The smallest absolute Gasteiger partial charge is 0.240 e. The van der Waals surface area contributed by atoms with Gasteiger partial charge in [0.05, 0.1) is 4.90 Å². The number of fused-ring (bicyclic) bond motifs is 1. The van der Waals surface area contributed by atoms with Gasteiger partial charge < -0.3 is 5.32 Å². The normalized spacial score (nSPS) is 14.2. The van der Waals surface area contributed by atoms with Gasteiger partial charge in [0.15, 0.2) is 0 Å². The van der Waals surface area contributed by atoms with Crippen molar-refractivity contribution in [1.82, 2.24) is 14.7 Å². The first-order chi connectivity index (χ1) is 12.8. The minimum Gasteiger partial charge on any atom is -0.366 e. The lowest BCUT2D eigenvalue weighted by Crippen LogP contribution is -2.27. The van der Waals surface area contributed by atoms with Crippen LogP contribution in [0.25, 0.3) is 0 Å². The summed E-state index contributed by atoms with van der Waals surface area (Å²) < 4.78 is 27.2. The Morgan fingerprint density at radius 3 is 2.48 bits per heavy atom. The molecule has 0 spiro atoms. The Balaban J connectivity index is 1.69. The molecule has 2 aromatic rings. The Kier molecular flexibility index (Phi) is 6.11. The highest BCUT2D eigenvalue weighted by molar-refractivity contribution is 7.89. The first kappa shape index (κ1) is 19.8. The van der Waals surface area contributed by atoms with Crippen molar-refractivity contribution >= 4 is 15.8 Å². The molecule has 1 aliphatic rings. The number of benzene rings is 1. The summed E-state index contributed by atoms with van der Waals surface area (Å²) in [6.07, 6.45) is 4.38. The number of rotatable bonds is 7. The summed E-state index contributed by atoms with van der Waals surface area (Å²) >= 11 is 0. The number of aromatic nitrogens is 2. The van der Waals surface area contributed by atoms with Gasteiger partial charge in [0, 0.05) is 24.3 Å². The summed E-state index contributed by atoms with van der Waals surface area (Å²) in [5, 5.41) is 3.41. The maximum Gasteiger partial charge on any atom is 0.240 e. The summed E-state index contributed by atoms with van der Waals surface area (Å²) in [6, 6.07) is 7.00. The maximum absolute atomic E-state index is 12.3. The number of nitrogens with one attached hydrogen (secondary N) is 2. The second kappa shape index (κ2) is 8.35. The van der Waals surface area contributed by atoms with Gasteiger partial charge in [0.2, 0.25) is 10.0 Å². The number of aryl methyl sites for hydroxylation is 2. The predicted molar refractivity (Wildman–Crippen MR) is 107 cm³/mol. The first-order valence-electron chi connectivity index (χ1n) is 9.54. The van der Waals surface area contributed by atoms with Gasteiger partial charge >= 0.3 is 0 Å². The average Bonchev–Trinajstić information content (AvgIpc) is 2.65. The minimum atomic E-state index is -3.45. The van der Waals surface area contributed by atoms with Crippen molar-refractivity contribution in [2.24, 2.45) is 5.92 Å². The molecule has 0 unspecified atom stereocenters. The van der Waals surface area contributed by atoms with Crippen LogP contribution < -0.4 is 10.0 Å². The molecule has 7 heteroatoms. The molecule has 146 valence electrons. The van der Waals surface area contributed by atoms with Crippen molar-refractivity contribution in [2.45, 2.75) is 57.9 Å². The largest absolute Gasteiger partial charge is 0.366 e. The fraction of sp³-hybridized carbons (Fsp3) is 0.500. The summed E-state index contributed by atoms with van der Waals surface area (Å²) in [4.78, 5) is 9.44. The van der Waals surface area contributed by atoms with Crippen LogP contribution in [0.2, 0.25) is 0 Å². The summed E-state index contributed by atoms with van der Waals surface area (Å²) in [5.74, 6) is 1.97. The Hall–Kier alpha value is -1.99. The fourth-order valence-electron chi connectivity index (χ4n) is 3.20. The van der Waals surface area contributed by atoms with Crippen molar-refractivity contribution in [3.8, 4) is 0 Å². The van der Waals surface area contributed by atoms with Gasteiger partial charge in [0.25, 0.3) is 0 Å². The molecule has 6 nitrogen and oxygen atoms in total. The van der Waals surface area contributed by atoms with Crippen LogP contribution in [0.1, 0.15) is 49.3 Å². The van der Waals surface area contributed by atoms with Gasteiger partial charge in [-0.25, -0.2) is 23.1 Å². The van der Waals surface area contributed by atoms with E-state index in [4.69, 9.17) is 0 Å². The van der Waals surface area contributed by atoms with E-state index >= 15 is 0 Å². The van der Waals surface area contributed by atoms with Gasteiger partial charge in [-0.2, -0.15) is 0 Å². The maximum atomic E-state index is 12.3. The van der Waals surface area contributed by atoms with Gasteiger partial charge in [-0.3, -0.25) is 0 Å². The van der Waals surface area contributed by atoms with Crippen LogP contribution in [-0.2, 0) is 29.4 Å². The fourth-order valence-corrected chi connectivity index (χ4v) is 4.41. The van der Waals surface area contributed by atoms with Crippen LogP contribution in [0.5, 0.6) is 0 Å². The number of nitrogens with zero attached hydrogens (tertiary/aromatic N) is 2. The Morgan fingerprint density at radius 2 is 1.78 bits per heavy atom. The van der Waals surface area contributed by atoms with Crippen molar-refractivity contribution in [1.29, 1.82) is 0 Å². The zero-order chi connectivity index (χ0) is 19.4. The van der Waals surface area contributed by atoms with E-state index in [9.17, 15) is 8.42 Å². The van der Waals surface area contributed by atoms with E-state index in [2.05, 4.69) is 20.0 Å². The summed E-state index contributed by atoms with van der Waals surface area (Å²) in [6.45, 7) is 6.91. The number of anilines is 1.